The first kappa shape index (κ1) is 21.0. The second kappa shape index (κ2) is 8.31. The molecule has 0 atom stereocenters. The van der Waals surface area contributed by atoms with E-state index < -0.39 is 25.6 Å². The quantitative estimate of drug-likeness (QED) is 0.216. The van der Waals surface area contributed by atoms with Crippen LogP contribution >= 0.6 is 24.0 Å². The Balaban J connectivity index is 1.99. The molecule has 29 heavy (non-hydrogen) atoms. The third kappa shape index (κ3) is 4.31. The van der Waals surface area contributed by atoms with Gasteiger partial charge in [0, 0.05) is 18.2 Å². The van der Waals surface area contributed by atoms with Gasteiger partial charge in [-0.3, -0.25) is 19.8 Å². The van der Waals surface area contributed by atoms with E-state index in [2.05, 4.69) is 0 Å². The maximum Gasteiger partial charge on any atom is 0.346 e. The average molecular weight is 451 g/mol. The number of hydrogen-bond donors (Lipinski definition) is 0. The predicted octanol–water partition coefficient (Wildman–Crippen LogP) is 3.58. The number of para-hydroxylation sites is 2. The Morgan fingerprint density at radius 1 is 1.21 bits per heavy atom. The van der Waals surface area contributed by atoms with Gasteiger partial charge in [-0.05, 0) is 25.1 Å². The van der Waals surface area contributed by atoms with Crippen molar-refractivity contribution in [3.05, 3.63) is 69.1 Å². The number of nitro groups is 1. The number of carbonyl (C=O) groups is 1. The fourth-order valence-corrected chi connectivity index (χ4v) is 5.07. The zero-order chi connectivity index (χ0) is 21.2. The number of rotatable bonds is 6. The molecule has 8 nitrogen and oxygen atoms in total. The summed E-state index contributed by atoms with van der Waals surface area (Å²) in [7, 11) is -4.48. The second-order valence-corrected chi connectivity index (χ2v) is 8.92. The van der Waals surface area contributed by atoms with Crippen molar-refractivity contribution in [3.8, 4) is 5.75 Å². The SMILES string of the molecule is CCN1C(=O)/C(=C\c2ccccc2OS(=O)(=O)c2ccccc2[N+](=O)[O-])SC1=S. The minimum atomic E-state index is -4.48. The number of amides is 1. The van der Waals surface area contributed by atoms with Crippen LogP contribution < -0.4 is 4.18 Å². The topological polar surface area (TPSA) is 107 Å². The molecule has 0 bridgehead atoms. The summed E-state index contributed by atoms with van der Waals surface area (Å²) in [4.78, 5) is 24.0. The highest BCUT2D eigenvalue weighted by molar-refractivity contribution is 8.26. The maximum atomic E-state index is 12.7. The Morgan fingerprint density at radius 3 is 2.52 bits per heavy atom. The van der Waals surface area contributed by atoms with Gasteiger partial charge in [-0.2, -0.15) is 8.42 Å². The number of hydrogen-bond acceptors (Lipinski definition) is 8. The summed E-state index contributed by atoms with van der Waals surface area (Å²) >= 11 is 6.27. The van der Waals surface area contributed by atoms with Crippen LogP contribution in [0.3, 0.4) is 0 Å². The molecule has 1 saturated heterocycles. The van der Waals surface area contributed by atoms with Crippen LogP contribution in [0.1, 0.15) is 12.5 Å². The molecule has 0 aliphatic carbocycles. The molecular weight excluding hydrogens is 436 g/mol. The number of nitro benzene ring substituents is 1. The molecule has 1 aliphatic rings. The van der Waals surface area contributed by atoms with Gasteiger partial charge in [0.05, 0.1) is 9.83 Å². The van der Waals surface area contributed by atoms with Crippen molar-refractivity contribution in [3.63, 3.8) is 0 Å². The van der Waals surface area contributed by atoms with Gasteiger partial charge in [0.15, 0.2) is 4.90 Å². The summed E-state index contributed by atoms with van der Waals surface area (Å²) in [6.07, 6.45) is 1.49. The molecule has 0 radical (unpaired) electrons. The summed E-state index contributed by atoms with van der Waals surface area (Å²) in [6.45, 7) is 2.22. The Hall–Kier alpha value is -2.76. The number of likely N-dealkylation sites (N-methyl/N-ethyl adjacent to an activating group) is 1. The zero-order valence-corrected chi connectivity index (χ0v) is 17.4. The first-order valence-electron chi connectivity index (χ1n) is 8.27. The number of benzene rings is 2. The zero-order valence-electron chi connectivity index (χ0n) is 15.0. The molecule has 0 aromatic heterocycles. The highest BCUT2D eigenvalue weighted by atomic mass is 32.2. The van der Waals surface area contributed by atoms with Crippen LogP contribution in [0.15, 0.2) is 58.3 Å². The molecule has 0 spiro atoms. The van der Waals surface area contributed by atoms with Gasteiger partial charge in [-0.25, -0.2) is 0 Å². The van der Waals surface area contributed by atoms with Crippen LogP contribution in [0.2, 0.25) is 0 Å². The van der Waals surface area contributed by atoms with Crippen LogP contribution in [0.25, 0.3) is 6.08 Å². The number of thiocarbonyl (C=S) groups is 1. The van der Waals surface area contributed by atoms with E-state index in [0.29, 0.717) is 21.3 Å². The normalized spacial score (nSPS) is 15.8. The van der Waals surface area contributed by atoms with Crippen molar-refractivity contribution in [1.29, 1.82) is 0 Å². The van der Waals surface area contributed by atoms with Crippen LogP contribution in [0, 0.1) is 10.1 Å². The van der Waals surface area contributed by atoms with Gasteiger partial charge in [0.25, 0.3) is 11.6 Å². The van der Waals surface area contributed by atoms with Crippen LogP contribution in [-0.4, -0.2) is 35.0 Å². The van der Waals surface area contributed by atoms with Crippen LogP contribution in [-0.2, 0) is 14.9 Å². The lowest BCUT2D eigenvalue weighted by molar-refractivity contribution is -0.387. The molecule has 150 valence electrons. The van der Waals surface area contributed by atoms with E-state index in [1.807, 2.05) is 0 Å². The fraction of sp³-hybridized carbons (Fsp3) is 0.111. The predicted molar refractivity (Wildman–Crippen MR) is 113 cm³/mol. The van der Waals surface area contributed by atoms with E-state index in [1.165, 1.54) is 29.2 Å². The third-order valence-corrected chi connectivity index (χ3v) is 6.59. The molecule has 2 aromatic carbocycles. The average Bonchev–Trinajstić information content (AvgIpc) is 2.95. The minimum Gasteiger partial charge on any atom is -0.378 e. The molecule has 11 heteroatoms. The molecule has 1 amide bonds. The highest BCUT2D eigenvalue weighted by Gasteiger charge is 2.31. The van der Waals surface area contributed by atoms with E-state index in [9.17, 15) is 23.3 Å². The van der Waals surface area contributed by atoms with Crippen molar-refractivity contribution in [2.45, 2.75) is 11.8 Å². The van der Waals surface area contributed by atoms with E-state index in [-0.39, 0.29) is 11.7 Å². The molecule has 0 N–H and O–H groups in total. The minimum absolute atomic E-state index is 0.0626. The monoisotopic (exact) mass is 450 g/mol. The first-order chi connectivity index (χ1) is 13.7. The third-order valence-electron chi connectivity index (χ3n) is 3.93. The smallest absolute Gasteiger partial charge is 0.346 e. The summed E-state index contributed by atoms with van der Waals surface area (Å²) in [5.41, 5.74) is -0.264. The van der Waals surface area contributed by atoms with Gasteiger partial charge in [0.2, 0.25) is 0 Å². The molecule has 1 heterocycles. The number of carbonyl (C=O) groups excluding carboxylic acids is 1. The second-order valence-electron chi connectivity index (χ2n) is 5.73. The molecule has 0 saturated carbocycles. The molecule has 0 unspecified atom stereocenters. The standard InChI is InChI=1S/C18H14N2O6S3/c1-2-19-17(21)15(28-18(19)27)11-12-7-3-5-9-14(12)26-29(24,25)16-10-6-4-8-13(16)20(22)23/h3-11H,2H2,1H3/b15-11+. The van der Waals surface area contributed by atoms with Crippen LogP contribution in [0.5, 0.6) is 5.75 Å². The van der Waals surface area contributed by atoms with Gasteiger partial charge in [0.1, 0.15) is 10.1 Å². The van der Waals surface area contributed by atoms with Crippen LogP contribution in [0.4, 0.5) is 5.69 Å². The van der Waals surface area contributed by atoms with Crippen molar-refractivity contribution in [2.75, 3.05) is 6.54 Å². The lowest BCUT2D eigenvalue weighted by atomic mass is 10.2. The molecule has 1 aliphatic heterocycles. The van der Waals surface area contributed by atoms with Crippen molar-refractivity contribution in [2.24, 2.45) is 0 Å². The highest BCUT2D eigenvalue weighted by Crippen LogP contribution is 2.35. The Bertz CT molecular complexity index is 1140. The van der Waals surface area contributed by atoms with E-state index in [1.54, 1.807) is 25.1 Å². The van der Waals surface area contributed by atoms with E-state index in [0.717, 1.165) is 23.9 Å². The van der Waals surface area contributed by atoms with Gasteiger partial charge < -0.3 is 4.18 Å². The first-order valence-corrected chi connectivity index (χ1v) is 10.9. The van der Waals surface area contributed by atoms with Gasteiger partial charge >= 0.3 is 10.1 Å². The maximum absolute atomic E-state index is 12.7. The van der Waals surface area contributed by atoms with E-state index in [4.69, 9.17) is 16.4 Å². The molecule has 2 aromatic rings. The summed E-state index contributed by atoms with van der Waals surface area (Å²) < 4.78 is 31.0. The number of thioether (sulfide) groups is 1. The summed E-state index contributed by atoms with van der Waals surface area (Å²) in [6, 6.07) is 11.1. The van der Waals surface area contributed by atoms with E-state index >= 15 is 0 Å². The largest absolute Gasteiger partial charge is 0.378 e. The Morgan fingerprint density at radius 2 is 1.86 bits per heavy atom. The summed E-state index contributed by atoms with van der Waals surface area (Å²) in [5.74, 6) is -0.341. The molecule has 1 fully saturated rings. The van der Waals surface area contributed by atoms with Gasteiger partial charge in [-0.15, -0.1) is 0 Å². The lowest BCUT2D eigenvalue weighted by Gasteiger charge is -2.11. The van der Waals surface area contributed by atoms with Crippen molar-refractivity contribution < 1.29 is 22.3 Å². The fourth-order valence-electron chi connectivity index (χ4n) is 2.57. The van der Waals surface area contributed by atoms with Crippen molar-refractivity contribution in [1.82, 2.24) is 4.90 Å². The molecular formula is C18H14N2O6S3. The summed E-state index contributed by atoms with van der Waals surface area (Å²) in [5, 5.41) is 11.2. The van der Waals surface area contributed by atoms with Gasteiger partial charge in [-0.1, -0.05) is 54.3 Å². The Kier molecular flexibility index (Phi) is 6.01. The lowest BCUT2D eigenvalue weighted by Crippen LogP contribution is -2.27. The Labute approximate surface area is 176 Å². The van der Waals surface area contributed by atoms with Crippen molar-refractivity contribution >= 4 is 56.1 Å². The number of nitrogens with zero attached hydrogens (tertiary/aromatic N) is 2. The molecule has 3 rings (SSSR count).